The van der Waals surface area contributed by atoms with Gasteiger partial charge in [-0.25, -0.2) is 8.42 Å². The number of carbonyl (C=O) groups is 1. The summed E-state index contributed by atoms with van der Waals surface area (Å²) in [6.07, 6.45) is 5.57. The molecule has 3 rings (SSSR count). The lowest BCUT2D eigenvalue weighted by Gasteiger charge is -2.23. The third-order valence-electron chi connectivity index (χ3n) is 5.87. The lowest BCUT2D eigenvalue weighted by molar-refractivity contribution is 0.0693. The molecule has 6 nitrogen and oxygen atoms in total. The number of carbonyl (C=O) groups excluding carboxylic acids is 1. The summed E-state index contributed by atoms with van der Waals surface area (Å²) in [6, 6.07) is 16.7. The first-order chi connectivity index (χ1) is 15.5. The van der Waals surface area contributed by atoms with Gasteiger partial charge in [0.1, 0.15) is 0 Å². The summed E-state index contributed by atoms with van der Waals surface area (Å²) in [5, 5.41) is 0. The molecule has 1 fully saturated rings. The van der Waals surface area contributed by atoms with E-state index in [0.29, 0.717) is 38.3 Å². The molecule has 2 aromatic carbocycles. The fourth-order valence-electron chi connectivity index (χ4n) is 4.04. The second kappa shape index (κ2) is 12.1. The highest BCUT2D eigenvalue weighted by molar-refractivity contribution is 7.89. The van der Waals surface area contributed by atoms with Crippen LogP contribution in [0.4, 0.5) is 0 Å². The number of rotatable bonds is 10. The molecule has 0 saturated carbocycles. The Morgan fingerprint density at radius 2 is 1.69 bits per heavy atom. The summed E-state index contributed by atoms with van der Waals surface area (Å²) >= 11 is 0. The molecular formula is C25H34N2O4S. The lowest BCUT2D eigenvalue weighted by atomic mass is 10.1. The molecule has 0 bridgehead atoms. The van der Waals surface area contributed by atoms with E-state index in [-0.39, 0.29) is 10.8 Å². The number of methoxy groups -OCH3 is 1. The highest BCUT2D eigenvalue weighted by Gasteiger charge is 2.26. The molecule has 1 saturated heterocycles. The highest BCUT2D eigenvalue weighted by atomic mass is 32.2. The second-order valence-corrected chi connectivity index (χ2v) is 10.2. The van der Waals surface area contributed by atoms with Crippen LogP contribution in [0, 0.1) is 0 Å². The van der Waals surface area contributed by atoms with Crippen LogP contribution in [0.2, 0.25) is 0 Å². The van der Waals surface area contributed by atoms with Crippen molar-refractivity contribution < 1.29 is 17.9 Å². The maximum Gasteiger partial charge on any atom is 0.253 e. The topological polar surface area (TPSA) is 66.9 Å². The number of amides is 1. The SMILES string of the molecule is COCCN(CCCc1ccccc1)C(=O)c1cccc(S(=O)(=O)N2CCCCCC2)c1. The number of hydrogen-bond acceptors (Lipinski definition) is 4. The summed E-state index contributed by atoms with van der Waals surface area (Å²) in [4.78, 5) is 15.2. The summed E-state index contributed by atoms with van der Waals surface area (Å²) < 4.78 is 33.1. The minimum Gasteiger partial charge on any atom is -0.383 e. The number of sulfonamides is 1. The van der Waals surface area contributed by atoms with Gasteiger partial charge in [-0.2, -0.15) is 4.31 Å². The summed E-state index contributed by atoms with van der Waals surface area (Å²) in [5.74, 6) is -0.164. The van der Waals surface area contributed by atoms with Gasteiger partial charge in [0.2, 0.25) is 10.0 Å². The first-order valence-corrected chi connectivity index (χ1v) is 12.9. The molecule has 174 valence electrons. The van der Waals surface area contributed by atoms with Crippen molar-refractivity contribution in [2.24, 2.45) is 0 Å². The minimum atomic E-state index is -3.60. The molecule has 0 radical (unpaired) electrons. The Bertz CT molecular complexity index is 955. The van der Waals surface area contributed by atoms with Gasteiger partial charge < -0.3 is 9.64 Å². The monoisotopic (exact) mass is 458 g/mol. The van der Waals surface area contributed by atoms with E-state index in [0.717, 1.165) is 38.5 Å². The molecular weight excluding hydrogens is 424 g/mol. The molecule has 0 aliphatic carbocycles. The Kier molecular flexibility index (Phi) is 9.26. The van der Waals surface area contributed by atoms with Crippen molar-refractivity contribution in [2.45, 2.75) is 43.4 Å². The second-order valence-electron chi connectivity index (χ2n) is 8.22. The van der Waals surface area contributed by atoms with Crippen molar-refractivity contribution in [1.29, 1.82) is 0 Å². The predicted octanol–water partition coefficient (Wildman–Crippen LogP) is 3.97. The molecule has 0 spiro atoms. The molecule has 1 amide bonds. The maximum absolute atomic E-state index is 13.3. The fourth-order valence-corrected chi connectivity index (χ4v) is 5.60. The van der Waals surface area contributed by atoms with Crippen LogP contribution in [0.25, 0.3) is 0 Å². The first-order valence-electron chi connectivity index (χ1n) is 11.4. The van der Waals surface area contributed by atoms with Crippen molar-refractivity contribution >= 4 is 15.9 Å². The largest absolute Gasteiger partial charge is 0.383 e. The molecule has 32 heavy (non-hydrogen) atoms. The van der Waals surface area contributed by atoms with E-state index in [2.05, 4.69) is 12.1 Å². The van der Waals surface area contributed by atoms with Gasteiger partial charge in [0.05, 0.1) is 11.5 Å². The molecule has 7 heteroatoms. The zero-order valence-corrected chi connectivity index (χ0v) is 19.7. The van der Waals surface area contributed by atoms with Gasteiger partial charge in [0.15, 0.2) is 0 Å². The summed E-state index contributed by atoms with van der Waals surface area (Å²) in [7, 11) is -1.99. The Balaban J connectivity index is 1.72. The van der Waals surface area contributed by atoms with Gasteiger partial charge in [-0.3, -0.25) is 4.79 Å². The van der Waals surface area contributed by atoms with Crippen LogP contribution in [0.3, 0.4) is 0 Å². The average Bonchev–Trinajstić information content (AvgIpc) is 3.12. The van der Waals surface area contributed by atoms with Crippen molar-refractivity contribution in [3.63, 3.8) is 0 Å². The van der Waals surface area contributed by atoms with E-state index in [1.165, 1.54) is 11.6 Å². The fraction of sp³-hybridized carbons (Fsp3) is 0.480. The quantitative estimate of drug-likeness (QED) is 0.540. The predicted molar refractivity (Wildman–Crippen MR) is 126 cm³/mol. The van der Waals surface area contributed by atoms with E-state index in [9.17, 15) is 13.2 Å². The third-order valence-corrected chi connectivity index (χ3v) is 7.77. The van der Waals surface area contributed by atoms with Crippen LogP contribution in [0.15, 0.2) is 59.5 Å². The number of aryl methyl sites for hydroxylation is 1. The van der Waals surface area contributed by atoms with Gasteiger partial charge in [-0.1, -0.05) is 49.2 Å². The van der Waals surface area contributed by atoms with Crippen LogP contribution in [-0.4, -0.2) is 63.4 Å². The molecule has 0 N–H and O–H groups in total. The Hall–Kier alpha value is -2.22. The van der Waals surface area contributed by atoms with Gasteiger partial charge in [0.25, 0.3) is 5.91 Å². The summed E-state index contributed by atoms with van der Waals surface area (Å²) in [6.45, 7) is 2.57. The average molecular weight is 459 g/mol. The van der Waals surface area contributed by atoms with Crippen LogP contribution in [-0.2, 0) is 21.2 Å². The Morgan fingerprint density at radius 1 is 0.969 bits per heavy atom. The molecule has 1 aliphatic heterocycles. The molecule has 1 heterocycles. The van der Waals surface area contributed by atoms with Crippen molar-refractivity contribution in [3.8, 4) is 0 Å². The molecule has 0 atom stereocenters. The van der Waals surface area contributed by atoms with E-state index in [1.807, 2.05) is 18.2 Å². The van der Waals surface area contributed by atoms with Gasteiger partial charge in [-0.05, 0) is 49.4 Å². The van der Waals surface area contributed by atoms with Crippen LogP contribution >= 0.6 is 0 Å². The number of ether oxygens (including phenoxy) is 1. The molecule has 0 aromatic heterocycles. The third kappa shape index (κ3) is 6.64. The van der Waals surface area contributed by atoms with Crippen molar-refractivity contribution in [2.75, 3.05) is 39.9 Å². The minimum absolute atomic E-state index is 0.164. The Morgan fingerprint density at radius 3 is 2.38 bits per heavy atom. The Labute approximate surface area is 192 Å². The maximum atomic E-state index is 13.3. The van der Waals surface area contributed by atoms with Crippen molar-refractivity contribution in [3.05, 3.63) is 65.7 Å². The van der Waals surface area contributed by atoms with E-state index in [1.54, 1.807) is 34.5 Å². The number of hydrogen-bond donors (Lipinski definition) is 0. The van der Waals surface area contributed by atoms with Crippen LogP contribution in [0.1, 0.15) is 48.0 Å². The van der Waals surface area contributed by atoms with Gasteiger partial charge in [-0.15, -0.1) is 0 Å². The molecule has 1 aliphatic rings. The number of benzene rings is 2. The zero-order valence-electron chi connectivity index (χ0n) is 18.9. The molecule has 2 aromatic rings. The van der Waals surface area contributed by atoms with Crippen LogP contribution in [0.5, 0.6) is 0 Å². The smallest absolute Gasteiger partial charge is 0.253 e. The van der Waals surface area contributed by atoms with E-state index >= 15 is 0 Å². The number of nitrogens with zero attached hydrogens (tertiary/aromatic N) is 2. The zero-order chi connectivity index (χ0) is 22.8. The van der Waals surface area contributed by atoms with Gasteiger partial charge in [0, 0.05) is 38.9 Å². The van der Waals surface area contributed by atoms with E-state index < -0.39 is 10.0 Å². The lowest BCUT2D eigenvalue weighted by Crippen LogP contribution is -2.35. The summed E-state index contributed by atoms with van der Waals surface area (Å²) in [5.41, 5.74) is 1.63. The standard InChI is InChI=1S/C25H34N2O4S/c1-31-20-19-26(16-10-13-22-11-5-4-6-12-22)25(28)23-14-9-15-24(21-23)32(29,30)27-17-7-2-3-8-18-27/h4-6,9,11-12,14-15,21H,2-3,7-8,10,13,16-20H2,1H3. The van der Waals surface area contributed by atoms with Crippen molar-refractivity contribution in [1.82, 2.24) is 9.21 Å². The molecule has 0 unspecified atom stereocenters. The van der Waals surface area contributed by atoms with Crippen LogP contribution < -0.4 is 0 Å². The first kappa shape index (κ1) is 24.4. The van der Waals surface area contributed by atoms with Gasteiger partial charge >= 0.3 is 0 Å². The normalized spacial score (nSPS) is 15.3. The highest BCUT2D eigenvalue weighted by Crippen LogP contribution is 2.22. The van der Waals surface area contributed by atoms with E-state index in [4.69, 9.17) is 4.74 Å².